The average Bonchev–Trinajstić information content (AvgIpc) is 2.69. The smallest absolute Gasteiger partial charge is 0.132 e. The Morgan fingerprint density at radius 2 is 2.15 bits per heavy atom. The van der Waals surface area contributed by atoms with Crippen LogP contribution in [0.25, 0.3) is 0 Å². The van der Waals surface area contributed by atoms with Gasteiger partial charge in [0, 0.05) is 61.5 Å². The number of likely N-dealkylation sites (tertiary alicyclic amines) is 1. The Bertz CT molecular complexity index is 807. The Labute approximate surface area is 162 Å². The fourth-order valence-corrected chi connectivity index (χ4v) is 4.30. The van der Waals surface area contributed by atoms with Gasteiger partial charge in [0.2, 0.25) is 0 Å². The Hall–Kier alpha value is -1.98. The number of likely N-dealkylation sites (N-methyl/N-ethyl adjacent to an activating group) is 1. The van der Waals surface area contributed by atoms with Crippen LogP contribution in [0.2, 0.25) is 0 Å². The summed E-state index contributed by atoms with van der Waals surface area (Å²) >= 11 is 0. The van der Waals surface area contributed by atoms with Crippen molar-refractivity contribution in [1.82, 2.24) is 19.8 Å². The lowest BCUT2D eigenvalue weighted by Crippen LogP contribution is -2.35. The van der Waals surface area contributed by atoms with Gasteiger partial charge in [-0.25, -0.2) is 9.97 Å². The van der Waals surface area contributed by atoms with Gasteiger partial charge in [-0.1, -0.05) is 12.1 Å². The molecular formula is C22H30N4O. The Balaban J connectivity index is 1.47. The van der Waals surface area contributed by atoms with Gasteiger partial charge in [0.1, 0.15) is 11.6 Å². The highest BCUT2D eigenvalue weighted by atomic mass is 16.5. The van der Waals surface area contributed by atoms with Crippen LogP contribution in [0.15, 0.2) is 24.4 Å². The van der Waals surface area contributed by atoms with Gasteiger partial charge in [0.15, 0.2) is 0 Å². The standard InChI is InChI=1S/C22H30N4O/c1-16-6-7-17(21(11-16)27-3)14-26-9-4-5-18(15-26)22-23-12-19-13-25(2)10-8-20(19)24-22/h6-7,11-12,18H,4-5,8-10,13-15H2,1-3H3/t18-/m1/s1. The second kappa shape index (κ2) is 7.95. The number of nitrogens with zero attached hydrogens (tertiary/aromatic N) is 4. The fourth-order valence-electron chi connectivity index (χ4n) is 4.30. The number of aromatic nitrogens is 2. The number of benzene rings is 1. The second-order valence-corrected chi connectivity index (χ2v) is 8.08. The average molecular weight is 367 g/mol. The van der Waals surface area contributed by atoms with Crippen LogP contribution in [-0.2, 0) is 19.5 Å². The lowest BCUT2D eigenvalue weighted by molar-refractivity contribution is 0.194. The van der Waals surface area contributed by atoms with Crippen LogP contribution in [0.4, 0.5) is 0 Å². The van der Waals surface area contributed by atoms with Crippen molar-refractivity contribution < 1.29 is 4.74 Å². The Morgan fingerprint density at radius 3 is 3.00 bits per heavy atom. The number of rotatable bonds is 4. The van der Waals surface area contributed by atoms with E-state index in [4.69, 9.17) is 14.7 Å². The minimum absolute atomic E-state index is 0.431. The number of fused-ring (bicyclic) bond motifs is 1. The lowest BCUT2D eigenvalue weighted by atomic mass is 9.96. The monoisotopic (exact) mass is 366 g/mol. The van der Waals surface area contributed by atoms with Crippen molar-refractivity contribution in [2.24, 2.45) is 0 Å². The third kappa shape index (κ3) is 4.14. The van der Waals surface area contributed by atoms with E-state index in [0.29, 0.717) is 5.92 Å². The van der Waals surface area contributed by atoms with Gasteiger partial charge in [-0.05, 0) is 45.0 Å². The SMILES string of the molecule is COc1cc(C)ccc1CN1CCC[C@@H](c2ncc3c(n2)CCN(C)C3)C1. The summed E-state index contributed by atoms with van der Waals surface area (Å²) < 4.78 is 5.59. The summed E-state index contributed by atoms with van der Waals surface area (Å²) in [6, 6.07) is 6.49. The maximum Gasteiger partial charge on any atom is 0.132 e. The van der Waals surface area contributed by atoms with Crippen molar-refractivity contribution in [3.63, 3.8) is 0 Å². The molecule has 144 valence electrons. The maximum absolute atomic E-state index is 5.59. The quantitative estimate of drug-likeness (QED) is 0.831. The minimum Gasteiger partial charge on any atom is -0.496 e. The molecule has 0 spiro atoms. The highest BCUT2D eigenvalue weighted by molar-refractivity contribution is 5.37. The number of ether oxygens (including phenoxy) is 1. The van der Waals surface area contributed by atoms with E-state index in [2.05, 4.69) is 48.2 Å². The summed E-state index contributed by atoms with van der Waals surface area (Å²) in [5.41, 5.74) is 5.05. The molecule has 5 nitrogen and oxygen atoms in total. The molecule has 1 atom stereocenters. The van der Waals surface area contributed by atoms with E-state index in [1.54, 1.807) is 7.11 Å². The highest BCUT2D eigenvalue weighted by Gasteiger charge is 2.25. The van der Waals surface area contributed by atoms with Crippen LogP contribution in [-0.4, -0.2) is 53.6 Å². The fraction of sp³-hybridized carbons (Fsp3) is 0.545. The zero-order valence-corrected chi connectivity index (χ0v) is 16.7. The topological polar surface area (TPSA) is 41.5 Å². The zero-order chi connectivity index (χ0) is 18.8. The molecule has 0 radical (unpaired) electrons. The van der Waals surface area contributed by atoms with Crippen LogP contribution >= 0.6 is 0 Å². The molecule has 3 heterocycles. The minimum atomic E-state index is 0.431. The van der Waals surface area contributed by atoms with Crippen LogP contribution in [0.1, 0.15) is 47.0 Å². The molecule has 0 aliphatic carbocycles. The molecule has 5 heteroatoms. The number of hydrogen-bond donors (Lipinski definition) is 0. The van der Waals surface area contributed by atoms with Gasteiger partial charge in [-0.3, -0.25) is 4.90 Å². The summed E-state index contributed by atoms with van der Waals surface area (Å²) in [6.07, 6.45) is 5.48. The summed E-state index contributed by atoms with van der Waals surface area (Å²) in [6.45, 7) is 7.25. The van der Waals surface area contributed by atoms with Crippen molar-refractivity contribution in [1.29, 1.82) is 0 Å². The van der Waals surface area contributed by atoms with Crippen molar-refractivity contribution >= 4 is 0 Å². The molecule has 0 bridgehead atoms. The normalized spacial score (nSPS) is 21.1. The molecule has 0 unspecified atom stereocenters. The van der Waals surface area contributed by atoms with Crippen LogP contribution in [0, 0.1) is 6.92 Å². The summed E-state index contributed by atoms with van der Waals surface area (Å²) in [5, 5.41) is 0. The third-order valence-electron chi connectivity index (χ3n) is 5.85. The third-order valence-corrected chi connectivity index (χ3v) is 5.85. The highest BCUT2D eigenvalue weighted by Crippen LogP contribution is 2.29. The van der Waals surface area contributed by atoms with E-state index in [-0.39, 0.29) is 0 Å². The molecule has 2 aliphatic rings. The first-order valence-electron chi connectivity index (χ1n) is 10.0. The number of hydrogen-bond acceptors (Lipinski definition) is 5. The first-order valence-corrected chi connectivity index (χ1v) is 10.0. The lowest BCUT2D eigenvalue weighted by Gasteiger charge is -2.33. The molecule has 27 heavy (non-hydrogen) atoms. The van der Waals surface area contributed by atoms with E-state index >= 15 is 0 Å². The number of methoxy groups -OCH3 is 1. The molecule has 1 aromatic carbocycles. The first kappa shape index (κ1) is 18.4. The van der Waals surface area contributed by atoms with Gasteiger partial charge in [-0.2, -0.15) is 0 Å². The zero-order valence-electron chi connectivity index (χ0n) is 16.7. The molecule has 2 aliphatic heterocycles. The van der Waals surface area contributed by atoms with E-state index in [1.165, 1.54) is 35.2 Å². The van der Waals surface area contributed by atoms with Gasteiger partial charge in [0.05, 0.1) is 7.11 Å². The second-order valence-electron chi connectivity index (χ2n) is 8.08. The van der Waals surface area contributed by atoms with E-state index in [1.807, 2.05) is 0 Å². The van der Waals surface area contributed by atoms with Gasteiger partial charge < -0.3 is 9.64 Å². The molecule has 1 saturated heterocycles. The number of aryl methyl sites for hydroxylation is 1. The van der Waals surface area contributed by atoms with Gasteiger partial charge in [0.25, 0.3) is 0 Å². The Kier molecular flexibility index (Phi) is 5.41. The van der Waals surface area contributed by atoms with E-state index in [0.717, 1.165) is 50.7 Å². The van der Waals surface area contributed by atoms with Crippen molar-refractivity contribution in [3.8, 4) is 5.75 Å². The Morgan fingerprint density at radius 1 is 1.26 bits per heavy atom. The van der Waals surface area contributed by atoms with Crippen LogP contribution in [0.5, 0.6) is 5.75 Å². The van der Waals surface area contributed by atoms with Crippen LogP contribution < -0.4 is 4.74 Å². The molecule has 2 aromatic rings. The molecule has 1 fully saturated rings. The van der Waals surface area contributed by atoms with Crippen molar-refractivity contribution in [2.45, 2.75) is 45.2 Å². The summed E-state index contributed by atoms with van der Waals surface area (Å²) in [7, 11) is 3.92. The summed E-state index contributed by atoms with van der Waals surface area (Å²) in [5.74, 6) is 2.46. The molecule has 0 N–H and O–H groups in total. The predicted octanol–water partition coefficient (Wildman–Crippen LogP) is 3.16. The molecular weight excluding hydrogens is 336 g/mol. The molecule has 0 saturated carbocycles. The van der Waals surface area contributed by atoms with Crippen molar-refractivity contribution in [2.75, 3.05) is 33.8 Å². The number of piperidine rings is 1. The molecule has 4 rings (SSSR count). The van der Waals surface area contributed by atoms with E-state index in [9.17, 15) is 0 Å². The van der Waals surface area contributed by atoms with E-state index < -0.39 is 0 Å². The van der Waals surface area contributed by atoms with Crippen molar-refractivity contribution in [3.05, 3.63) is 52.6 Å². The van der Waals surface area contributed by atoms with Crippen LogP contribution in [0.3, 0.4) is 0 Å². The van der Waals surface area contributed by atoms with Gasteiger partial charge >= 0.3 is 0 Å². The maximum atomic E-state index is 5.59. The molecule has 1 aromatic heterocycles. The van der Waals surface area contributed by atoms with Gasteiger partial charge in [-0.15, -0.1) is 0 Å². The predicted molar refractivity (Wildman–Crippen MR) is 107 cm³/mol. The molecule has 0 amide bonds. The first-order chi connectivity index (χ1) is 13.1. The largest absolute Gasteiger partial charge is 0.496 e. The summed E-state index contributed by atoms with van der Waals surface area (Å²) in [4.78, 5) is 14.6.